The molecule has 3 rings (SSSR count). The summed E-state index contributed by atoms with van der Waals surface area (Å²) < 4.78 is 0. The first-order valence-electron chi connectivity index (χ1n) is 6.51. The van der Waals surface area contributed by atoms with Crippen LogP contribution in [-0.2, 0) is 0 Å². The van der Waals surface area contributed by atoms with Crippen molar-refractivity contribution in [2.75, 3.05) is 10.6 Å². The molecule has 1 aliphatic carbocycles. The van der Waals surface area contributed by atoms with Gasteiger partial charge in [0, 0.05) is 6.04 Å². The first-order valence-corrected chi connectivity index (χ1v) is 6.88. The summed E-state index contributed by atoms with van der Waals surface area (Å²) in [5, 5.41) is 6.58. The van der Waals surface area contributed by atoms with Gasteiger partial charge in [0.25, 0.3) is 5.91 Å². The number of halogens is 1. The summed E-state index contributed by atoms with van der Waals surface area (Å²) in [6.45, 7) is 0. The van der Waals surface area contributed by atoms with Crippen LogP contribution < -0.4 is 10.6 Å². The summed E-state index contributed by atoms with van der Waals surface area (Å²) in [4.78, 5) is 16.2. The van der Waals surface area contributed by atoms with Crippen molar-refractivity contribution in [1.82, 2.24) is 4.98 Å². The second-order valence-electron chi connectivity index (χ2n) is 4.78. The maximum Gasteiger partial charge on any atom is 0.274 e. The van der Waals surface area contributed by atoms with Gasteiger partial charge in [-0.2, -0.15) is 0 Å². The summed E-state index contributed by atoms with van der Waals surface area (Å²) in [7, 11) is 0. The van der Waals surface area contributed by atoms with Crippen LogP contribution in [-0.4, -0.2) is 16.9 Å². The second-order valence-corrected chi connectivity index (χ2v) is 5.19. The first kappa shape index (κ1) is 12.9. The van der Waals surface area contributed by atoms with E-state index < -0.39 is 0 Å². The van der Waals surface area contributed by atoms with Gasteiger partial charge in [0.15, 0.2) is 0 Å². The molecule has 1 heterocycles. The third-order valence-electron chi connectivity index (χ3n) is 3.07. The van der Waals surface area contributed by atoms with Crippen molar-refractivity contribution in [3.8, 4) is 0 Å². The zero-order chi connectivity index (χ0) is 13.9. The Kier molecular flexibility index (Phi) is 3.56. The number of anilines is 2. The van der Waals surface area contributed by atoms with Crippen LogP contribution in [0.2, 0.25) is 5.02 Å². The first-order chi connectivity index (χ1) is 9.72. The van der Waals surface area contributed by atoms with E-state index >= 15 is 0 Å². The van der Waals surface area contributed by atoms with Crippen molar-refractivity contribution < 1.29 is 4.79 Å². The quantitative estimate of drug-likeness (QED) is 0.904. The van der Waals surface area contributed by atoms with Crippen LogP contribution in [0.4, 0.5) is 11.4 Å². The number of pyridine rings is 1. The Labute approximate surface area is 122 Å². The molecule has 2 aromatic rings. The average molecular weight is 288 g/mol. The summed E-state index contributed by atoms with van der Waals surface area (Å²) >= 11 is 6.00. The number of rotatable bonds is 4. The molecular formula is C15H14ClN3O. The Balaban J connectivity index is 1.68. The van der Waals surface area contributed by atoms with E-state index in [2.05, 4.69) is 15.6 Å². The third kappa shape index (κ3) is 3.08. The molecule has 0 saturated heterocycles. The molecule has 2 N–H and O–H groups in total. The number of carbonyl (C=O) groups is 1. The summed E-state index contributed by atoms with van der Waals surface area (Å²) in [6.07, 6.45) is 4.09. The predicted octanol–water partition coefficient (Wildman–Crippen LogP) is 3.56. The molecule has 0 radical (unpaired) electrons. The highest BCUT2D eigenvalue weighted by Gasteiger charge is 2.20. The number of nitrogens with one attached hydrogen (secondary N) is 2. The minimum atomic E-state index is -0.268. The van der Waals surface area contributed by atoms with Gasteiger partial charge in [-0.25, -0.2) is 4.98 Å². The molecular weight excluding hydrogens is 274 g/mol. The number of hydrogen-bond acceptors (Lipinski definition) is 3. The summed E-state index contributed by atoms with van der Waals surface area (Å²) in [5.74, 6) is -0.268. The molecule has 0 atom stereocenters. The minimum Gasteiger partial charge on any atom is -0.381 e. The van der Waals surface area contributed by atoms with E-state index in [0.29, 0.717) is 22.4 Å². The molecule has 1 aromatic heterocycles. The van der Waals surface area contributed by atoms with Crippen LogP contribution in [0.5, 0.6) is 0 Å². The van der Waals surface area contributed by atoms with Gasteiger partial charge in [-0.15, -0.1) is 0 Å². The fourth-order valence-corrected chi connectivity index (χ4v) is 2.01. The fraction of sp³-hybridized carbons (Fsp3) is 0.200. The molecule has 5 heteroatoms. The van der Waals surface area contributed by atoms with E-state index in [1.54, 1.807) is 24.4 Å². The lowest BCUT2D eigenvalue weighted by Gasteiger charge is -2.07. The van der Waals surface area contributed by atoms with Gasteiger partial charge in [-0.05, 0) is 37.1 Å². The molecule has 0 unspecified atom stereocenters. The molecule has 0 aliphatic heterocycles. The maximum absolute atomic E-state index is 12.1. The number of para-hydroxylation sites is 1. The van der Waals surface area contributed by atoms with Gasteiger partial charge in [0.05, 0.1) is 22.6 Å². The zero-order valence-corrected chi connectivity index (χ0v) is 11.5. The van der Waals surface area contributed by atoms with Gasteiger partial charge in [-0.3, -0.25) is 4.79 Å². The van der Waals surface area contributed by atoms with Gasteiger partial charge >= 0.3 is 0 Å². The highest BCUT2D eigenvalue weighted by Crippen LogP contribution is 2.24. The number of carbonyl (C=O) groups excluding carboxylic acids is 1. The Morgan fingerprint density at radius 3 is 2.65 bits per heavy atom. The molecule has 1 amide bonds. The van der Waals surface area contributed by atoms with Crippen LogP contribution >= 0.6 is 11.6 Å². The van der Waals surface area contributed by atoms with E-state index in [-0.39, 0.29) is 5.91 Å². The molecule has 4 nitrogen and oxygen atoms in total. The van der Waals surface area contributed by atoms with Crippen molar-refractivity contribution in [2.24, 2.45) is 0 Å². The van der Waals surface area contributed by atoms with Crippen LogP contribution in [0, 0.1) is 0 Å². The maximum atomic E-state index is 12.1. The van der Waals surface area contributed by atoms with Crippen LogP contribution in [0.25, 0.3) is 0 Å². The van der Waals surface area contributed by atoms with E-state index in [0.717, 1.165) is 5.69 Å². The van der Waals surface area contributed by atoms with E-state index in [1.807, 2.05) is 18.2 Å². The van der Waals surface area contributed by atoms with Crippen LogP contribution in [0.15, 0.2) is 42.6 Å². The number of amides is 1. The summed E-state index contributed by atoms with van der Waals surface area (Å²) in [5.41, 5.74) is 1.90. The Bertz CT molecular complexity index is 623. The normalized spacial score (nSPS) is 13.8. The van der Waals surface area contributed by atoms with Crippen LogP contribution in [0.3, 0.4) is 0 Å². The lowest BCUT2D eigenvalue weighted by atomic mass is 10.3. The molecule has 1 fully saturated rings. The molecule has 1 aliphatic rings. The number of benzene rings is 1. The Hall–Kier alpha value is -2.07. The van der Waals surface area contributed by atoms with E-state index in [1.165, 1.54) is 12.8 Å². The monoisotopic (exact) mass is 287 g/mol. The number of hydrogen-bond donors (Lipinski definition) is 2. The molecule has 0 bridgehead atoms. The predicted molar refractivity (Wildman–Crippen MR) is 80.3 cm³/mol. The van der Waals surface area contributed by atoms with Gasteiger partial charge in [-0.1, -0.05) is 23.7 Å². The van der Waals surface area contributed by atoms with Gasteiger partial charge in [0.2, 0.25) is 0 Å². The third-order valence-corrected chi connectivity index (χ3v) is 3.40. The molecule has 20 heavy (non-hydrogen) atoms. The molecule has 102 valence electrons. The lowest BCUT2D eigenvalue weighted by molar-refractivity contribution is 0.102. The Morgan fingerprint density at radius 2 is 2.00 bits per heavy atom. The topological polar surface area (TPSA) is 54.0 Å². The van der Waals surface area contributed by atoms with Crippen molar-refractivity contribution in [1.29, 1.82) is 0 Å². The number of nitrogens with zero attached hydrogens (tertiary/aromatic N) is 1. The molecule has 1 aromatic carbocycles. The highest BCUT2D eigenvalue weighted by atomic mass is 35.5. The van der Waals surface area contributed by atoms with Crippen LogP contribution in [0.1, 0.15) is 23.3 Å². The highest BCUT2D eigenvalue weighted by molar-refractivity contribution is 6.33. The number of aromatic nitrogens is 1. The SMILES string of the molecule is O=C(Nc1ccccc1Cl)c1ccc(NC2CC2)cn1. The standard InChI is InChI=1S/C15H14ClN3O/c16-12-3-1-2-4-13(12)19-15(20)14-8-7-11(9-17-14)18-10-5-6-10/h1-4,7-10,18H,5-6H2,(H,19,20). The minimum absolute atomic E-state index is 0.268. The average Bonchev–Trinajstić information content (AvgIpc) is 3.26. The molecule has 1 saturated carbocycles. The van der Waals surface area contributed by atoms with E-state index in [9.17, 15) is 4.79 Å². The van der Waals surface area contributed by atoms with Gasteiger partial charge in [0.1, 0.15) is 5.69 Å². The smallest absolute Gasteiger partial charge is 0.274 e. The lowest BCUT2D eigenvalue weighted by Crippen LogP contribution is -2.14. The van der Waals surface area contributed by atoms with Crippen molar-refractivity contribution >= 4 is 28.9 Å². The zero-order valence-electron chi connectivity index (χ0n) is 10.8. The fourth-order valence-electron chi connectivity index (χ4n) is 1.83. The van der Waals surface area contributed by atoms with Crippen molar-refractivity contribution in [3.05, 3.63) is 53.3 Å². The Morgan fingerprint density at radius 1 is 1.20 bits per heavy atom. The molecule has 0 spiro atoms. The van der Waals surface area contributed by atoms with Gasteiger partial charge < -0.3 is 10.6 Å². The largest absolute Gasteiger partial charge is 0.381 e. The van der Waals surface area contributed by atoms with E-state index in [4.69, 9.17) is 11.6 Å². The van der Waals surface area contributed by atoms with Crippen molar-refractivity contribution in [3.63, 3.8) is 0 Å². The van der Waals surface area contributed by atoms with Crippen molar-refractivity contribution in [2.45, 2.75) is 18.9 Å². The summed E-state index contributed by atoms with van der Waals surface area (Å²) in [6, 6.07) is 11.3. The second kappa shape index (κ2) is 5.51.